The summed E-state index contributed by atoms with van der Waals surface area (Å²) in [6.07, 6.45) is 3.14. The van der Waals surface area contributed by atoms with Crippen LogP contribution in [0.4, 0.5) is 0 Å². The SMILES string of the molecule is O=C(CCCc1nc2ccccc2s1)NC1CC(C(=O)O)C1. The van der Waals surface area contributed by atoms with Gasteiger partial charge in [-0.05, 0) is 37.8 Å². The van der Waals surface area contributed by atoms with Crippen LogP contribution in [0.2, 0.25) is 0 Å². The molecule has 6 heteroatoms. The Kier molecular flexibility index (Phi) is 4.38. The molecule has 1 aliphatic carbocycles. The van der Waals surface area contributed by atoms with Crippen LogP contribution in [-0.2, 0) is 16.0 Å². The quantitative estimate of drug-likeness (QED) is 0.858. The molecule has 1 amide bonds. The number of aromatic nitrogens is 1. The number of benzene rings is 1. The maximum atomic E-state index is 11.8. The van der Waals surface area contributed by atoms with Gasteiger partial charge in [-0.2, -0.15) is 0 Å². The number of rotatable bonds is 6. The summed E-state index contributed by atoms with van der Waals surface area (Å²) < 4.78 is 1.18. The van der Waals surface area contributed by atoms with Crippen LogP contribution >= 0.6 is 11.3 Å². The van der Waals surface area contributed by atoms with E-state index in [4.69, 9.17) is 5.11 Å². The third-order valence-electron chi connectivity index (χ3n) is 3.99. The molecule has 3 rings (SSSR count). The van der Waals surface area contributed by atoms with Crippen LogP contribution in [0.1, 0.15) is 30.7 Å². The molecule has 2 aromatic rings. The highest BCUT2D eigenvalue weighted by Crippen LogP contribution is 2.27. The molecule has 0 bridgehead atoms. The molecule has 1 heterocycles. The highest BCUT2D eigenvalue weighted by molar-refractivity contribution is 7.18. The van der Waals surface area contributed by atoms with Crippen molar-refractivity contribution in [1.29, 1.82) is 0 Å². The number of para-hydroxylation sites is 1. The van der Waals surface area contributed by atoms with E-state index in [-0.39, 0.29) is 17.9 Å². The van der Waals surface area contributed by atoms with Gasteiger partial charge in [0.05, 0.1) is 21.1 Å². The molecule has 1 aromatic heterocycles. The Balaban J connectivity index is 1.39. The van der Waals surface area contributed by atoms with Crippen LogP contribution in [-0.4, -0.2) is 28.0 Å². The van der Waals surface area contributed by atoms with Gasteiger partial charge in [-0.3, -0.25) is 9.59 Å². The topological polar surface area (TPSA) is 79.3 Å². The Labute approximate surface area is 132 Å². The van der Waals surface area contributed by atoms with Gasteiger partial charge in [-0.25, -0.2) is 4.98 Å². The summed E-state index contributed by atoms with van der Waals surface area (Å²) in [5.41, 5.74) is 1.01. The summed E-state index contributed by atoms with van der Waals surface area (Å²) >= 11 is 1.67. The lowest BCUT2D eigenvalue weighted by atomic mass is 9.80. The molecule has 1 aliphatic rings. The molecule has 1 fully saturated rings. The van der Waals surface area contributed by atoms with E-state index in [0.717, 1.165) is 23.4 Å². The van der Waals surface area contributed by atoms with Crippen molar-refractivity contribution in [1.82, 2.24) is 10.3 Å². The van der Waals surface area contributed by atoms with Crippen molar-refractivity contribution < 1.29 is 14.7 Å². The van der Waals surface area contributed by atoms with Gasteiger partial charge in [0.2, 0.25) is 5.91 Å². The first kappa shape index (κ1) is 15.0. The summed E-state index contributed by atoms with van der Waals surface area (Å²) in [7, 11) is 0. The molecule has 0 unspecified atom stereocenters. The van der Waals surface area contributed by atoms with Gasteiger partial charge in [0.1, 0.15) is 0 Å². The summed E-state index contributed by atoms with van der Waals surface area (Å²) in [5, 5.41) is 12.7. The van der Waals surface area contributed by atoms with Crippen LogP contribution in [0.25, 0.3) is 10.2 Å². The van der Waals surface area contributed by atoms with Crippen LogP contribution in [0.5, 0.6) is 0 Å². The number of aliphatic carboxylic acids is 1. The minimum atomic E-state index is -0.763. The van der Waals surface area contributed by atoms with Crippen LogP contribution in [0.15, 0.2) is 24.3 Å². The van der Waals surface area contributed by atoms with E-state index in [2.05, 4.69) is 16.4 Å². The Morgan fingerprint density at radius 1 is 1.32 bits per heavy atom. The van der Waals surface area contributed by atoms with Gasteiger partial charge >= 0.3 is 5.97 Å². The summed E-state index contributed by atoms with van der Waals surface area (Å²) in [4.78, 5) is 27.1. The molecule has 2 N–H and O–H groups in total. The Morgan fingerprint density at radius 2 is 2.09 bits per heavy atom. The fourth-order valence-electron chi connectivity index (χ4n) is 2.66. The molecule has 0 radical (unpaired) electrons. The monoisotopic (exact) mass is 318 g/mol. The van der Waals surface area contributed by atoms with Gasteiger partial charge in [0.25, 0.3) is 0 Å². The second-order valence-corrected chi connectivity index (χ2v) is 6.82. The molecular weight excluding hydrogens is 300 g/mol. The third-order valence-corrected chi connectivity index (χ3v) is 5.08. The van der Waals surface area contributed by atoms with Crippen molar-refractivity contribution in [3.05, 3.63) is 29.3 Å². The Hall–Kier alpha value is -1.95. The maximum absolute atomic E-state index is 11.8. The molecule has 0 spiro atoms. The van der Waals surface area contributed by atoms with Crippen LogP contribution in [0, 0.1) is 5.92 Å². The lowest BCUT2D eigenvalue weighted by molar-refractivity contribution is -0.146. The maximum Gasteiger partial charge on any atom is 0.306 e. The van der Waals surface area contributed by atoms with Crippen molar-refractivity contribution >= 4 is 33.4 Å². The second-order valence-electron chi connectivity index (χ2n) is 5.70. The van der Waals surface area contributed by atoms with Crippen molar-refractivity contribution in [2.24, 2.45) is 5.92 Å². The third kappa shape index (κ3) is 3.44. The zero-order valence-corrected chi connectivity index (χ0v) is 12.9. The Bertz CT molecular complexity index is 659. The molecule has 5 nitrogen and oxygen atoms in total. The zero-order chi connectivity index (χ0) is 15.5. The fraction of sp³-hybridized carbons (Fsp3) is 0.438. The van der Waals surface area contributed by atoms with E-state index >= 15 is 0 Å². The first-order valence-electron chi connectivity index (χ1n) is 7.48. The van der Waals surface area contributed by atoms with Gasteiger partial charge in [0, 0.05) is 12.5 Å². The van der Waals surface area contributed by atoms with E-state index in [9.17, 15) is 9.59 Å². The molecule has 1 aromatic carbocycles. The van der Waals surface area contributed by atoms with Crippen molar-refractivity contribution in [2.45, 2.75) is 38.1 Å². The Morgan fingerprint density at radius 3 is 2.82 bits per heavy atom. The number of fused-ring (bicyclic) bond motifs is 1. The van der Waals surface area contributed by atoms with Gasteiger partial charge in [0.15, 0.2) is 0 Å². The van der Waals surface area contributed by atoms with Gasteiger partial charge in [-0.15, -0.1) is 11.3 Å². The number of hydrogen-bond donors (Lipinski definition) is 2. The van der Waals surface area contributed by atoms with Crippen LogP contribution < -0.4 is 5.32 Å². The molecule has 0 atom stereocenters. The zero-order valence-electron chi connectivity index (χ0n) is 12.1. The number of amides is 1. The smallest absolute Gasteiger partial charge is 0.306 e. The van der Waals surface area contributed by atoms with E-state index in [1.165, 1.54) is 4.70 Å². The van der Waals surface area contributed by atoms with E-state index < -0.39 is 5.97 Å². The normalized spacial score (nSPS) is 20.5. The van der Waals surface area contributed by atoms with Crippen LogP contribution in [0.3, 0.4) is 0 Å². The molecule has 0 saturated heterocycles. The molecule has 0 aliphatic heterocycles. The number of thiazole rings is 1. The average molecular weight is 318 g/mol. The summed E-state index contributed by atoms with van der Waals surface area (Å²) in [6.45, 7) is 0. The number of hydrogen-bond acceptors (Lipinski definition) is 4. The minimum absolute atomic E-state index is 0.00921. The van der Waals surface area contributed by atoms with Crippen molar-refractivity contribution in [3.8, 4) is 0 Å². The summed E-state index contributed by atoms with van der Waals surface area (Å²) in [5.74, 6) is -1.04. The largest absolute Gasteiger partial charge is 0.481 e. The molecule has 116 valence electrons. The predicted molar refractivity (Wildman–Crippen MR) is 84.8 cm³/mol. The molecular formula is C16H18N2O3S. The number of carboxylic acids is 1. The number of carbonyl (C=O) groups is 2. The minimum Gasteiger partial charge on any atom is -0.481 e. The number of aryl methyl sites for hydroxylation is 1. The summed E-state index contributed by atoms with van der Waals surface area (Å²) in [6, 6.07) is 8.07. The number of carboxylic acid groups (broad SMARTS) is 1. The number of nitrogens with one attached hydrogen (secondary N) is 1. The predicted octanol–water partition coefficient (Wildman–Crippen LogP) is 2.60. The average Bonchev–Trinajstić information content (AvgIpc) is 2.84. The first-order chi connectivity index (χ1) is 10.6. The van der Waals surface area contributed by atoms with Crippen molar-refractivity contribution in [3.63, 3.8) is 0 Å². The lowest BCUT2D eigenvalue weighted by Crippen LogP contribution is -2.46. The highest BCUT2D eigenvalue weighted by Gasteiger charge is 2.34. The number of nitrogens with zero attached hydrogens (tertiary/aromatic N) is 1. The van der Waals surface area contributed by atoms with E-state index in [0.29, 0.717) is 19.3 Å². The highest BCUT2D eigenvalue weighted by atomic mass is 32.1. The standard InChI is InChI=1S/C16H18N2O3S/c19-14(17-11-8-10(9-11)16(20)21)6-3-7-15-18-12-4-1-2-5-13(12)22-15/h1-2,4-5,10-11H,3,6-9H2,(H,17,19)(H,20,21). The van der Waals surface area contributed by atoms with Crippen molar-refractivity contribution in [2.75, 3.05) is 0 Å². The second kappa shape index (κ2) is 6.44. The van der Waals surface area contributed by atoms with E-state index in [1.807, 2.05) is 18.2 Å². The molecule has 1 saturated carbocycles. The van der Waals surface area contributed by atoms with Gasteiger partial charge < -0.3 is 10.4 Å². The molecule has 22 heavy (non-hydrogen) atoms. The van der Waals surface area contributed by atoms with Gasteiger partial charge in [-0.1, -0.05) is 12.1 Å². The van der Waals surface area contributed by atoms with E-state index in [1.54, 1.807) is 11.3 Å². The first-order valence-corrected chi connectivity index (χ1v) is 8.30. The fourth-order valence-corrected chi connectivity index (χ4v) is 3.67. The number of carbonyl (C=O) groups excluding carboxylic acids is 1. The lowest BCUT2D eigenvalue weighted by Gasteiger charge is -2.32.